The zero-order chi connectivity index (χ0) is 13.4. The number of rotatable bonds is 3. The van der Waals surface area contributed by atoms with Gasteiger partial charge in [0.1, 0.15) is 11.6 Å². The SMILES string of the molecule is NC(Cc1cc(F)cc(F)c1)c1cc2c(s1)CCC2. The van der Waals surface area contributed by atoms with E-state index in [1.807, 2.05) is 0 Å². The zero-order valence-electron chi connectivity index (χ0n) is 10.5. The van der Waals surface area contributed by atoms with Crippen molar-refractivity contribution in [1.82, 2.24) is 0 Å². The van der Waals surface area contributed by atoms with E-state index in [2.05, 4.69) is 6.07 Å². The van der Waals surface area contributed by atoms with E-state index in [1.54, 1.807) is 11.3 Å². The van der Waals surface area contributed by atoms with Crippen LogP contribution in [0.4, 0.5) is 8.78 Å². The Morgan fingerprint density at radius 3 is 2.53 bits per heavy atom. The van der Waals surface area contributed by atoms with Gasteiger partial charge in [-0.1, -0.05) is 0 Å². The van der Waals surface area contributed by atoms with Crippen LogP contribution in [-0.4, -0.2) is 0 Å². The summed E-state index contributed by atoms with van der Waals surface area (Å²) in [7, 11) is 0. The molecule has 0 saturated heterocycles. The van der Waals surface area contributed by atoms with Gasteiger partial charge < -0.3 is 5.73 Å². The van der Waals surface area contributed by atoms with Gasteiger partial charge in [-0.25, -0.2) is 8.78 Å². The maximum absolute atomic E-state index is 13.1. The lowest BCUT2D eigenvalue weighted by Crippen LogP contribution is -2.12. The summed E-state index contributed by atoms with van der Waals surface area (Å²) in [5.74, 6) is -1.09. The Bertz CT molecular complexity index is 564. The van der Waals surface area contributed by atoms with Crippen LogP contribution in [0.1, 0.15) is 33.3 Å². The molecule has 1 aliphatic carbocycles. The maximum atomic E-state index is 13.1. The van der Waals surface area contributed by atoms with Crippen molar-refractivity contribution < 1.29 is 8.78 Å². The molecule has 0 aliphatic heterocycles. The first-order valence-electron chi connectivity index (χ1n) is 6.44. The van der Waals surface area contributed by atoms with Crippen LogP contribution in [0.2, 0.25) is 0 Å². The summed E-state index contributed by atoms with van der Waals surface area (Å²) in [5.41, 5.74) is 8.17. The van der Waals surface area contributed by atoms with E-state index in [0.29, 0.717) is 12.0 Å². The first kappa shape index (κ1) is 12.8. The maximum Gasteiger partial charge on any atom is 0.126 e. The lowest BCUT2D eigenvalue weighted by atomic mass is 10.0. The Kier molecular flexibility index (Phi) is 3.37. The second kappa shape index (κ2) is 5.02. The molecule has 1 aromatic carbocycles. The van der Waals surface area contributed by atoms with Gasteiger partial charge in [-0.3, -0.25) is 0 Å². The van der Waals surface area contributed by atoms with Gasteiger partial charge in [-0.15, -0.1) is 11.3 Å². The van der Waals surface area contributed by atoms with Crippen molar-refractivity contribution in [3.63, 3.8) is 0 Å². The van der Waals surface area contributed by atoms with Gasteiger partial charge in [0.2, 0.25) is 0 Å². The molecule has 0 saturated carbocycles. The number of thiophene rings is 1. The molecule has 1 aliphatic rings. The first-order chi connectivity index (χ1) is 9.11. The largest absolute Gasteiger partial charge is 0.323 e. The van der Waals surface area contributed by atoms with E-state index in [-0.39, 0.29) is 6.04 Å². The predicted octanol–water partition coefficient (Wildman–Crippen LogP) is 3.76. The Morgan fingerprint density at radius 1 is 1.11 bits per heavy atom. The van der Waals surface area contributed by atoms with Crippen LogP contribution in [0.15, 0.2) is 24.3 Å². The van der Waals surface area contributed by atoms with Gasteiger partial charge >= 0.3 is 0 Å². The van der Waals surface area contributed by atoms with Gasteiger partial charge in [0.05, 0.1) is 0 Å². The number of hydrogen-bond acceptors (Lipinski definition) is 2. The lowest BCUT2D eigenvalue weighted by Gasteiger charge is -2.10. The summed E-state index contributed by atoms with van der Waals surface area (Å²) < 4.78 is 26.3. The van der Waals surface area contributed by atoms with Gasteiger partial charge in [-0.2, -0.15) is 0 Å². The van der Waals surface area contributed by atoms with Crippen LogP contribution >= 0.6 is 11.3 Å². The molecule has 1 atom stereocenters. The van der Waals surface area contributed by atoms with Crippen molar-refractivity contribution in [2.24, 2.45) is 5.73 Å². The van der Waals surface area contributed by atoms with Crippen LogP contribution in [0, 0.1) is 11.6 Å². The summed E-state index contributed by atoms with van der Waals surface area (Å²) in [6, 6.07) is 5.56. The molecule has 1 aromatic heterocycles. The number of halogens is 2. The number of hydrogen-bond donors (Lipinski definition) is 1. The Balaban J connectivity index is 1.78. The topological polar surface area (TPSA) is 26.0 Å². The van der Waals surface area contributed by atoms with Crippen LogP contribution in [0.5, 0.6) is 0 Å². The fourth-order valence-corrected chi connectivity index (χ4v) is 3.88. The third-order valence-corrected chi connectivity index (χ3v) is 4.88. The van der Waals surface area contributed by atoms with Crippen molar-refractivity contribution in [2.75, 3.05) is 0 Å². The third kappa shape index (κ3) is 2.69. The molecule has 2 N–H and O–H groups in total. The molecule has 0 radical (unpaired) electrons. The average Bonchev–Trinajstić information content (AvgIpc) is 2.86. The third-order valence-electron chi connectivity index (χ3n) is 3.51. The summed E-state index contributed by atoms with van der Waals surface area (Å²) in [5, 5.41) is 0. The van der Waals surface area contributed by atoms with E-state index < -0.39 is 11.6 Å². The van der Waals surface area contributed by atoms with E-state index in [1.165, 1.54) is 29.0 Å². The minimum atomic E-state index is -0.545. The molecule has 4 heteroatoms. The highest BCUT2D eigenvalue weighted by atomic mass is 32.1. The molecule has 1 heterocycles. The minimum absolute atomic E-state index is 0.184. The van der Waals surface area contributed by atoms with Crippen molar-refractivity contribution in [3.05, 3.63) is 56.8 Å². The van der Waals surface area contributed by atoms with Gasteiger partial charge in [0.25, 0.3) is 0 Å². The molecule has 3 rings (SSSR count). The molecular weight excluding hydrogens is 264 g/mol. The van der Waals surface area contributed by atoms with Gasteiger partial charge in [0.15, 0.2) is 0 Å². The van der Waals surface area contributed by atoms with Crippen LogP contribution < -0.4 is 5.73 Å². The molecule has 1 nitrogen and oxygen atoms in total. The Morgan fingerprint density at radius 2 is 1.84 bits per heavy atom. The second-order valence-electron chi connectivity index (χ2n) is 5.04. The van der Waals surface area contributed by atoms with Crippen molar-refractivity contribution in [3.8, 4) is 0 Å². The molecule has 100 valence electrons. The van der Waals surface area contributed by atoms with Gasteiger partial charge in [-0.05, 0) is 55.0 Å². The molecule has 0 amide bonds. The van der Waals surface area contributed by atoms with E-state index in [0.717, 1.165) is 23.8 Å². The number of benzene rings is 1. The molecule has 0 spiro atoms. The normalized spacial score (nSPS) is 15.5. The van der Waals surface area contributed by atoms with Crippen molar-refractivity contribution in [2.45, 2.75) is 31.7 Å². The smallest absolute Gasteiger partial charge is 0.126 e. The van der Waals surface area contributed by atoms with Crippen LogP contribution in [0.3, 0.4) is 0 Å². The summed E-state index contributed by atoms with van der Waals surface area (Å²) >= 11 is 1.75. The van der Waals surface area contributed by atoms with Crippen molar-refractivity contribution in [1.29, 1.82) is 0 Å². The van der Waals surface area contributed by atoms with E-state index in [4.69, 9.17) is 5.73 Å². The highest BCUT2D eigenvalue weighted by Gasteiger charge is 2.18. The standard InChI is InChI=1S/C15H15F2NS/c16-11-4-9(5-12(17)8-11)6-13(18)15-7-10-2-1-3-14(10)19-15/h4-5,7-8,13H,1-3,6,18H2. The second-order valence-corrected chi connectivity index (χ2v) is 6.21. The fraction of sp³-hybridized carbons (Fsp3) is 0.333. The first-order valence-corrected chi connectivity index (χ1v) is 7.25. The monoisotopic (exact) mass is 279 g/mol. The lowest BCUT2D eigenvalue weighted by molar-refractivity contribution is 0.577. The fourth-order valence-electron chi connectivity index (χ4n) is 2.62. The Labute approximate surface area is 115 Å². The highest BCUT2D eigenvalue weighted by molar-refractivity contribution is 7.12. The van der Waals surface area contributed by atoms with E-state index in [9.17, 15) is 8.78 Å². The zero-order valence-corrected chi connectivity index (χ0v) is 11.3. The number of fused-ring (bicyclic) bond motifs is 1. The van der Waals surface area contributed by atoms with Gasteiger partial charge in [0, 0.05) is 21.9 Å². The molecule has 1 unspecified atom stereocenters. The quantitative estimate of drug-likeness (QED) is 0.909. The minimum Gasteiger partial charge on any atom is -0.323 e. The van der Waals surface area contributed by atoms with E-state index >= 15 is 0 Å². The number of aryl methyl sites for hydroxylation is 2. The summed E-state index contributed by atoms with van der Waals surface area (Å²) in [6.45, 7) is 0. The van der Waals surface area contributed by atoms with Crippen LogP contribution in [-0.2, 0) is 19.3 Å². The molecular formula is C15H15F2NS. The predicted molar refractivity (Wildman–Crippen MR) is 73.3 cm³/mol. The average molecular weight is 279 g/mol. The summed E-state index contributed by atoms with van der Waals surface area (Å²) in [4.78, 5) is 2.55. The highest BCUT2D eigenvalue weighted by Crippen LogP contribution is 2.34. The molecule has 0 bridgehead atoms. The Hall–Kier alpha value is -1.26. The molecule has 0 fully saturated rings. The summed E-state index contributed by atoms with van der Waals surface area (Å²) in [6.07, 6.45) is 3.97. The molecule has 19 heavy (non-hydrogen) atoms. The van der Waals surface area contributed by atoms with Crippen molar-refractivity contribution >= 4 is 11.3 Å². The molecule has 2 aromatic rings. The number of nitrogens with two attached hydrogens (primary N) is 1. The van der Waals surface area contributed by atoms with Crippen LogP contribution in [0.25, 0.3) is 0 Å².